The highest BCUT2D eigenvalue weighted by atomic mass is 16.5. The molecule has 3 rings (SSSR count). The number of unbranched alkanes of at least 4 members (excludes halogenated alkanes) is 1. The molecule has 13 amide bonds. The number of ketones is 1. The number of amides is 13. The van der Waals surface area contributed by atoms with Crippen LogP contribution in [0.5, 0.6) is 0 Å². The molecule has 2 aliphatic rings. The summed E-state index contributed by atoms with van der Waals surface area (Å²) in [6.07, 6.45) is 0.557. The van der Waals surface area contributed by atoms with Crippen LogP contribution in [0.3, 0.4) is 0 Å². The average Bonchev–Trinajstić information content (AvgIpc) is 1.44. The van der Waals surface area contributed by atoms with Crippen LogP contribution in [0, 0.1) is 41.4 Å². The van der Waals surface area contributed by atoms with Gasteiger partial charge in [0.2, 0.25) is 70.9 Å². The van der Waals surface area contributed by atoms with Crippen LogP contribution in [-0.2, 0) is 83.1 Å². The lowest BCUT2D eigenvalue weighted by molar-refractivity contribution is -0.157. The van der Waals surface area contributed by atoms with Gasteiger partial charge < -0.3 is 89.1 Å². The van der Waals surface area contributed by atoms with E-state index in [4.69, 9.17) is 10.5 Å². The summed E-state index contributed by atoms with van der Waals surface area (Å²) >= 11 is 0. The van der Waals surface area contributed by atoms with Crippen LogP contribution in [0.15, 0.2) is 42.1 Å². The number of nitrogens with zero attached hydrogens (tertiary/aromatic N) is 1. The number of nitrogens with one attached hydrogen (secondary N) is 12. The molecule has 0 unspecified atom stereocenters. The normalized spacial score (nSPS) is 22.4. The first-order valence-electron chi connectivity index (χ1n) is 37.5. The van der Waals surface area contributed by atoms with Gasteiger partial charge in [-0.25, -0.2) is 4.79 Å². The van der Waals surface area contributed by atoms with Crippen LogP contribution >= 0.6 is 0 Å². The van der Waals surface area contributed by atoms with Crippen LogP contribution in [0.25, 0.3) is 0 Å². The molecule has 0 radical (unpaired) electrons. The number of carbonyl (C=O) groups is 15. The van der Waals surface area contributed by atoms with Crippen molar-refractivity contribution in [2.75, 3.05) is 13.1 Å². The first-order chi connectivity index (χ1) is 49.7. The summed E-state index contributed by atoms with van der Waals surface area (Å²) in [7, 11) is 0. The van der Waals surface area contributed by atoms with Gasteiger partial charge in [0.15, 0.2) is 0 Å². The first-order valence-corrected chi connectivity index (χ1v) is 37.5. The van der Waals surface area contributed by atoms with Crippen molar-refractivity contribution in [1.82, 2.24) is 68.7 Å². The first kappa shape index (κ1) is 91.3. The van der Waals surface area contributed by atoms with Gasteiger partial charge in [0.1, 0.15) is 90.1 Å². The number of hydrogen-bond acceptors (Lipinski definition) is 18. The van der Waals surface area contributed by atoms with E-state index in [2.05, 4.69) is 63.8 Å². The highest BCUT2D eigenvalue weighted by molar-refractivity contribution is 6.03. The maximum absolute atomic E-state index is 15.0. The molecule has 0 spiro atoms. The summed E-state index contributed by atoms with van der Waals surface area (Å²) in [4.78, 5) is 213. The molecule has 2 heterocycles. The second-order valence-electron chi connectivity index (χ2n) is 29.8. The lowest BCUT2D eigenvalue weighted by Gasteiger charge is -2.33. The summed E-state index contributed by atoms with van der Waals surface area (Å²) in [6.45, 7) is 28.9. The van der Waals surface area contributed by atoms with E-state index in [9.17, 15) is 67.4 Å². The maximum Gasteiger partial charge on any atom is 0.329 e. The highest BCUT2D eigenvalue weighted by Gasteiger charge is 2.44. The SMILES string of the molecule is C/C=C1\NC(=O)[C@H](Cc2ccccc2)NC(=O)[C@@H](C(C)C)NC(=O)[C@@H]([C@@H](C)CC)NC(=O)[C@H](NC(=O)[C@H](NC(=O)[C@H](CCCN)NC(=O)[C@H]2CCCN2C(=O)[C@H](NC(=O)[C@@H](NC(=O)[C@@H](NC(=O)[C@H](NC(=O)CCCCC(C)=O)C(C)C)[C@@H](C)O)C(C)C)C(C)C)[C@@H](C)CC)[C@@H](C)OC(=O)[C@H](C(C)C)NC1=O. The van der Waals surface area contributed by atoms with Crippen LogP contribution in [-0.4, -0.2) is 196 Å². The summed E-state index contributed by atoms with van der Waals surface area (Å²) in [5.74, 6) is -15.9. The Kier molecular flexibility index (Phi) is 38.2. The molecule has 0 aromatic heterocycles. The molecule has 2 fully saturated rings. The summed E-state index contributed by atoms with van der Waals surface area (Å²) in [6, 6.07) is -7.88. The van der Waals surface area contributed by atoms with E-state index in [1.807, 2.05) is 0 Å². The van der Waals surface area contributed by atoms with Crippen LogP contribution < -0.4 is 69.5 Å². The van der Waals surface area contributed by atoms with E-state index in [-0.39, 0.29) is 63.1 Å². The molecule has 0 bridgehead atoms. The van der Waals surface area contributed by atoms with Gasteiger partial charge in [-0.05, 0) is 120 Å². The fourth-order valence-corrected chi connectivity index (χ4v) is 12.1. The Morgan fingerprint density at radius 2 is 1.15 bits per heavy atom. The smallest absolute Gasteiger partial charge is 0.329 e. The number of benzene rings is 1. The number of allylic oxidation sites excluding steroid dienone is 1. The zero-order valence-electron chi connectivity index (χ0n) is 65.3. The van der Waals surface area contributed by atoms with Crippen LogP contribution in [0.2, 0.25) is 0 Å². The molecule has 16 atom stereocenters. The lowest BCUT2D eigenvalue weighted by Crippen LogP contribution is -2.64. The molecule has 1 aromatic carbocycles. The number of carbonyl (C=O) groups excluding carboxylic acids is 15. The van der Waals surface area contributed by atoms with E-state index < -0.39 is 209 Å². The molecule has 31 nitrogen and oxygen atoms in total. The number of ether oxygens (including phenoxy) is 1. The minimum Gasteiger partial charge on any atom is -0.458 e. The van der Waals surface area contributed by atoms with E-state index in [0.717, 1.165) is 0 Å². The largest absolute Gasteiger partial charge is 0.458 e. The van der Waals surface area contributed by atoms with Crippen molar-refractivity contribution in [2.45, 2.75) is 280 Å². The second-order valence-corrected chi connectivity index (χ2v) is 29.8. The quantitative estimate of drug-likeness (QED) is 0.0261. The van der Waals surface area contributed by atoms with Gasteiger partial charge in [0.25, 0.3) is 5.91 Å². The summed E-state index contributed by atoms with van der Waals surface area (Å²) in [5, 5.41) is 43.0. The maximum atomic E-state index is 15.0. The third kappa shape index (κ3) is 27.8. The topological polar surface area (TPSA) is 459 Å². The fourth-order valence-electron chi connectivity index (χ4n) is 12.1. The average molecular weight is 1490 g/mol. The lowest BCUT2D eigenvalue weighted by atomic mass is 9.95. The van der Waals surface area contributed by atoms with Crippen molar-refractivity contribution in [3.05, 3.63) is 47.7 Å². The molecule has 594 valence electrons. The molecule has 31 heteroatoms. The molecule has 2 aliphatic heterocycles. The van der Waals surface area contributed by atoms with Gasteiger partial charge in [-0.3, -0.25) is 62.3 Å². The van der Waals surface area contributed by atoms with Gasteiger partial charge >= 0.3 is 5.97 Å². The third-order valence-electron chi connectivity index (χ3n) is 19.3. The highest BCUT2D eigenvalue weighted by Crippen LogP contribution is 2.23. The molecule has 106 heavy (non-hydrogen) atoms. The zero-order chi connectivity index (χ0) is 80.1. The number of aliphatic hydroxyl groups excluding tert-OH is 1. The van der Waals surface area contributed by atoms with Gasteiger partial charge in [-0.15, -0.1) is 0 Å². The monoisotopic (exact) mass is 1490 g/mol. The number of aliphatic hydroxyl groups is 1. The Bertz CT molecular complexity index is 3230. The molecule has 0 aliphatic carbocycles. The van der Waals surface area contributed by atoms with Gasteiger partial charge in [-0.2, -0.15) is 0 Å². The molecular formula is C75H122N14O17. The number of cyclic esters (lactones) is 1. The van der Waals surface area contributed by atoms with Gasteiger partial charge in [-0.1, -0.05) is 146 Å². The predicted molar refractivity (Wildman–Crippen MR) is 396 cm³/mol. The molecule has 0 saturated carbocycles. The standard InChI is InChI=1S/C75H122N14O17/c1-19-43(14)59(71(101)88-62-47(18)106-75(105)58(42(12)13)84-63(93)49(21-3)77-65(95)51(37-48-30-23-22-24-31-48)79-67(97)55(39(6)7)81-70(100)60(44(15)20-2)86-73(62)103)85-64(94)50(32-27-35-76)78-66(96)52-33-28-36-89(52)74(104)57(41(10)11)83-69(99)56(40(8)9)82-72(102)61(46(17)91)87-68(98)54(38(4)5)80-53(92)34-26-25-29-45(16)90/h21-24,30-31,38-44,46-47,50-52,54-62,91H,19-20,25-29,32-37,76H2,1-18H3,(H,77,95)(H,78,96)(H,79,97)(H,80,92)(H,81,100)(H,82,102)(H,83,99)(H,84,93)(H,85,94)(H,86,103)(H,87,98)(H,88,101)/b49-21-/t43-,44-,46+,47+,50-,51-,52+,54+,55+,56-,57+,58-,59+,60+,61-,62+/m0/s1. The van der Waals surface area contributed by atoms with E-state index in [0.29, 0.717) is 37.7 Å². The fraction of sp³-hybridized carbons (Fsp3) is 0.693. The Hall–Kier alpha value is -8.87. The van der Waals surface area contributed by atoms with Crippen molar-refractivity contribution in [2.24, 2.45) is 47.2 Å². The van der Waals surface area contributed by atoms with Crippen LogP contribution in [0.1, 0.15) is 194 Å². The van der Waals surface area contributed by atoms with Crippen molar-refractivity contribution < 1.29 is 81.8 Å². The van der Waals surface area contributed by atoms with Crippen molar-refractivity contribution >= 4 is 88.5 Å². The Morgan fingerprint density at radius 1 is 0.613 bits per heavy atom. The Balaban J connectivity index is 1.99. The van der Waals surface area contributed by atoms with E-state index in [1.54, 1.807) is 127 Å². The molecule has 15 N–H and O–H groups in total. The van der Waals surface area contributed by atoms with E-state index >= 15 is 9.59 Å². The van der Waals surface area contributed by atoms with Crippen molar-refractivity contribution in [3.8, 4) is 0 Å². The van der Waals surface area contributed by atoms with Gasteiger partial charge in [0.05, 0.1) is 6.10 Å². The number of nitrogens with two attached hydrogens (primary N) is 1. The summed E-state index contributed by atoms with van der Waals surface area (Å²) in [5.41, 5.74) is 6.33. The molecular weight excluding hydrogens is 1370 g/mol. The zero-order valence-corrected chi connectivity index (χ0v) is 65.3. The number of Topliss-reactive ketones (excluding diaryl/α,β-unsaturated/α-hetero) is 1. The second kappa shape index (κ2) is 44.3. The number of hydrogen-bond donors (Lipinski definition) is 14. The third-order valence-corrected chi connectivity index (χ3v) is 19.3. The Labute approximate surface area is 624 Å². The van der Waals surface area contributed by atoms with E-state index in [1.165, 1.54) is 38.7 Å². The van der Waals surface area contributed by atoms with Crippen molar-refractivity contribution in [3.63, 3.8) is 0 Å². The van der Waals surface area contributed by atoms with Crippen molar-refractivity contribution in [1.29, 1.82) is 0 Å². The molecule has 2 saturated heterocycles. The summed E-state index contributed by atoms with van der Waals surface area (Å²) < 4.78 is 5.96. The Morgan fingerprint density at radius 3 is 1.69 bits per heavy atom. The number of likely N-dealkylation sites (tertiary alicyclic amines) is 1. The minimum atomic E-state index is -1.83. The number of rotatable bonds is 34. The predicted octanol–water partition coefficient (Wildman–Crippen LogP) is 1.16. The van der Waals surface area contributed by atoms with Gasteiger partial charge in [0, 0.05) is 25.8 Å². The number of esters is 1. The molecule has 1 aromatic rings. The van der Waals surface area contributed by atoms with Crippen LogP contribution in [0.4, 0.5) is 0 Å². The minimum absolute atomic E-state index is 0.0178.